The van der Waals surface area contributed by atoms with E-state index in [4.69, 9.17) is 16.3 Å². The third-order valence-electron chi connectivity index (χ3n) is 4.34. The standard InChI is InChI=1S/C18H19ClO2.C2H6/c1-12-2-7-15(8-3-12)21-17-9-6-14-5-4-13(11-20)10-16(14)18(17)19;1-2/h4-6,9-12,15H,2-3,7-8H2,1H3;1-2H3. The lowest BCUT2D eigenvalue weighted by atomic mass is 9.89. The van der Waals surface area contributed by atoms with Crippen LogP contribution in [0.1, 0.15) is 56.8 Å². The fourth-order valence-corrected chi connectivity index (χ4v) is 3.24. The second kappa shape index (κ2) is 8.35. The summed E-state index contributed by atoms with van der Waals surface area (Å²) in [6.07, 6.45) is 5.70. The molecule has 124 valence electrons. The predicted octanol–water partition coefficient (Wildman–Crippen LogP) is 6.29. The summed E-state index contributed by atoms with van der Waals surface area (Å²) >= 11 is 6.48. The van der Waals surface area contributed by atoms with Crippen molar-refractivity contribution in [2.24, 2.45) is 5.92 Å². The molecule has 0 aromatic heterocycles. The summed E-state index contributed by atoms with van der Waals surface area (Å²) in [5.41, 5.74) is 0.632. The van der Waals surface area contributed by atoms with Gasteiger partial charge in [0, 0.05) is 10.9 Å². The minimum Gasteiger partial charge on any atom is -0.489 e. The molecule has 0 atom stereocenters. The molecule has 23 heavy (non-hydrogen) atoms. The number of carbonyl (C=O) groups is 1. The molecule has 0 amide bonds. The lowest BCUT2D eigenvalue weighted by Crippen LogP contribution is -2.23. The monoisotopic (exact) mass is 332 g/mol. The van der Waals surface area contributed by atoms with Crippen molar-refractivity contribution >= 4 is 28.7 Å². The molecule has 2 aromatic carbocycles. The van der Waals surface area contributed by atoms with Gasteiger partial charge in [-0.05, 0) is 49.1 Å². The first kappa shape index (κ1) is 17.8. The molecule has 0 bridgehead atoms. The second-order valence-corrected chi connectivity index (χ2v) is 6.35. The molecular weight excluding hydrogens is 308 g/mol. The van der Waals surface area contributed by atoms with Crippen molar-refractivity contribution in [3.63, 3.8) is 0 Å². The van der Waals surface area contributed by atoms with Gasteiger partial charge in [0.1, 0.15) is 12.0 Å². The molecule has 2 nitrogen and oxygen atoms in total. The smallest absolute Gasteiger partial charge is 0.150 e. The summed E-state index contributed by atoms with van der Waals surface area (Å²) in [4.78, 5) is 10.9. The number of rotatable bonds is 3. The summed E-state index contributed by atoms with van der Waals surface area (Å²) in [5.74, 6) is 1.53. The van der Waals surface area contributed by atoms with Crippen LogP contribution in [0.25, 0.3) is 10.8 Å². The van der Waals surface area contributed by atoms with Crippen molar-refractivity contribution in [2.75, 3.05) is 0 Å². The van der Waals surface area contributed by atoms with E-state index in [1.54, 1.807) is 6.07 Å². The van der Waals surface area contributed by atoms with Crippen molar-refractivity contribution in [3.8, 4) is 5.75 Å². The van der Waals surface area contributed by atoms with Gasteiger partial charge in [0.25, 0.3) is 0 Å². The van der Waals surface area contributed by atoms with Crippen LogP contribution >= 0.6 is 11.6 Å². The number of fused-ring (bicyclic) bond motifs is 1. The molecule has 2 aromatic rings. The zero-order valence-corrected chi connectivity index (χ0v) is 14.9. The van der Waals surface area contributed by atoms with Crippen LogP contribution in [-0.2, 0) is 0 Å². The van der Waals surface area contributed by atoms with Gasteiger partial charge in [0.15, 0.2) is 0 Å². The fraction of sp³-hybridized carbons (Fsp3) is 0.450. The van der Waals surface area contributed by atoms with Gasteiger partial charge < -0.3 is 4.74 Å². The average Bonchev–Trinajstić information content (AvgIpc) is 2.61. The molecule has 3 rings (SSSR count). The normalized spacial score (nSPS) is 20.5. The van der Waals surface area contributed by atoms with Gasteiger partial charge in [-0.1, -0.05) is 50.6 Å². The van der Waals surface area contributed by atoms with E-state index >= 15 is 0 Å². The zero-order valence-electron chi connectivity index (χ0n) is 14.1. The Morgan fingerprint density at radius 1 is 1.09 bits per heavy atom. The van der Waals surface area contributed by atoms with E-state index in [0.717, 1.165) is 41.6 Å². The first-order chi connectivity index (χ1) is 11.2. The average molecular weight is 333 g/mol. The van der Waals surface area contributed by atoms with E-state index < -0.39 is 0 Å². The number of benzene rings is 2. The topological polar surface area (TPSA) is 26.3 Å². The molecule has 0 aliphatic heterocycles. The first-order valence-corrected chi connectivity index (χ1v) is 8.89. The van der Waals surface area contributed by atoms with Crippen LogP contribution in [0.15, 0.2) is 30.3 Å². The number of ether oxygens (including phenoxy) is 1. The van der Waals surface area contributed by atoms with E-state index in [2.05, 4.69) is 6.92 Å². The lowest BCUT2D eigenvalue weighted by Gasteiger charge is -2.27. The summed E-state index contributed by atoms with van der Waals surface area (Å²) in [6.45, 7) is 6.29. The maximum atomic E-state index is 10.9. The second-order valence-electron chi connectivity index (χ2n) is 5.98. The first-order valence-electron chi connectivity index (χ1n) is 8.51. The van der Waals surface area contributed by atoms with Crippen LogP contribution in [0.3, 0.4) is 0 Å². The minimum absolute atomic E-state index is 0.255. The number of carbonyl (C=O) groups excluding carboxylic acids is 1. The SMILES string of the molecule is CC.CC1CCC(Oc2ccc3ccc(C=O)cc3c2Cl)CC1. The van der Waals surface area contributed by atoms with Crippen molar-refractivity contribution in [1.29, 1.82) is 0 Å². The quantitative estimate of drug-likeness (QED) is 0.617. The van der Waals surface area contributed by atoms with Gasteiger partial charge in [-0.3, -0.25) is 4.79 Å². The molecule has 0 N–H and O–H groups in total. The van der Waals surface area contributed by atoms with Crippen LogP contribution in [0.2, 0.25) is 5.02 Å². The van der Waals surface area contributed by atoms with E-state index in [-0.39, 0.29) is 6.10 Å². The Morgan fingerprint density at radius 2 is 1.74 bits per heavy atom. The largest absolute Gasteiger partial charge is 0.489 e. The highest BCUT2D eigenvalue weighted by atomic mass is 35.5. The van der Waals surface area contributed by atoms with Gasteiger partial charge >= 0.3 is 0 Å². The molecule has 1 aliphatic rings. The molecule has 1 saturated carbocycles. The van der Waals surface area contributed by atoms with Gasteiger partial charge in [-0.2, -0.15) is 0 Å². The Morgan fingerprint density at radius 3 is 2.39 bits per heavy atom. The Labute approximate surface area is 143 Å². The Bertz CT molecular complexity index is 658. The molecule has 0 spiro atoms. The lowest BCUT2D eigenvalue weighted by molar-refractivity contribution is 0.112. The number of hydrogen-bond donors (Lipinski definition) is 0. The maximum absolute atomic E-state index is 10.9. The van der Waals surface area contributed by atoms with E-state index in [0.29, 0.717) is 10.6 Å². The molecule has 1 aliphatic carbocycles. The Balaban J connectivity index is 0.000000924. The number of aldehydes is 1. The van der Waals surface area contributed by atoms with Crippen LogP contribution < -0.4 is 4.74 Å². The van der Waals surface area contributed by atoms with Crippen LogP contribution in [0.5, 0.6) is 5.75 Å². The van der Waals surface area contributed by atoms with Crippen molar-refractivity contribution < 1.29 is 9.53 Å². The van der Waals surface area contributed by atoms with E-state index in [1.807, 2.05) is 38.1 Å². The van der Waals surface area contributed by atoms with Gasteiger partial charge in [-0.15, -0.1) is 0 Å². The fourth-order valence-electron chi connectivity index (χ4n) is 2.97. The van der Waals surface area contributed by atoms with E-state index in [1.165, 1.54) is 12.8 Å². The van der Waals surface area contributed by atoms with Gasteiger partial charge in [-0.25, -0.2) is 0 Å². The van der Waals surface area contributed by atoms with Crippen molar-refractivity contribution in [2.45, 2.75) is 52.6 Å². The summed E-state index contributed by atoms with van der Waals surface area (Å²) in [7, 11) is 0. The van der Waals surface area contributed by atoms with Gasteiger partial charge in [0.05, 0.1) is 11.1 Å². The highest BCUT2D eigenvalue weighted by Crippen LogP contribution is 2.36. The Hall–Kier alpha value is -1.54. The molecule has 0 unspecified atom stereocenters. The Kier molecular flexibility index (Phi) is 6.47. The summed E-state index contributed by atoms with van der Waals surface area (Å²) in [5, 5.41) is 2.51. The van der Waals surface area contributed by atoms with Crippen LogP contribution in [-0.4, -0.2) is 12.4 Å². The molecule has 0 heterocycles. The molecular formula is C20H25ClO2. The van der Waals surface area contributed by atoms with E-state index in [9.17, 15) is 4.79 Å². The van der Waals surface area contributed by atoms with Crippen LogP contribution in [0.4, 0.5) is 0 Å². The van der Waals surface area contributed by atoms with Crippen LogP contribution in [0, 0.1) is 5.92 Å². The molecule has 0 radical (unpaired) electrons. The zero-order chi connectivity index (χ0) is 16.8. The predicted molar refractivity (Wildman–Crippen MR) is 97.7 cm³/mol. The molecule has 1 fully saturated rings. The van der Waals surface area contributed by atoms with Gasteiger partial charge in [0.2, 0.25) is 0 Å². The summed E-state index contributed by atoms with van der Waals surface area (Å²) in [6, 6.07) is 9.46. The van der Waals surface area contributed by atoms with Crippen molar-refractivity contribution in [1.82, 2.24) is 0 Å². The third kappa shape index (κ3) is 4.26. The molecule has 3 heteroatoms. The third-order valence-corrected chi connectivity index (χ3v) is 4.73. The van der Waals surface area contributed by atoms with Crippen molar-refractivity contribution in [3.05, 3.63) is 40.9 Å². The maximum Gasteiger partial charge on any atom is 0.150 e. The number of hydrogen-bond acceptors (Lipinski definition) is 2. The number of halogens is 1. The highest BCUT2D eigenvalue weighted by Gasteiger charge is 2.20. The highest BCUT2D eigenvalue weighted by molar-refractivity contribution is 6.37. The summed E-state index contributed by atoms with van der Waals surface area (Å²) < 4.78 is 6.10. The molecule has 0 saturated heterocycles. The minimum atomic E-state index is 0.255.